The predicted molar refractivity (Wildman–Crippen MR) is 83.6 cm³/mol. The molecule has 0 radical (unpaired) electrons. The molecule has 21 heavy (non-hydrogen) atoms. The number of rotatable bonds is 3. The van der Waals surface area contributed by atoms with E-state index in [9.17, 15) is 4.39 Å². The van der Waals surface area contributed by atoms with Crippen molar-refractivity contribution in [1.82, 2.24) is 0 Å². The third-order valence-electron chi connectivity index (χ3n) is 3.37. The minimum Gasteiger partial charge on any atom is -0.486 e. The maximum Gasteiger partial charge on any atom is 0.161 e. The Labute approximate surface area is 131 Å². The van der Waals surface area contributed by atoms with Crippen molar-refractivity contribution in [2.75, 3.05) is 18.5 Å². The maximum absolute atomic E-state index is 13.2. The molecule has 1 aliphatic rings. The highest BCUT2D eigenvalue weighted by atomic mass is 79.9. The highest BCUT2D eigenvalue weighted by Crippen LogP contribution is 2.33. The minimum absolute atomic E-state index is 0.0678. The second-order valence-electron chi connectivity index (χ2n) is 4.90. The molecular weight excluding hydrogens is 337 g/mol. The molecule has 2 aromatic carbocycles. The van der Waals surface area contributed by atoms with Crippen LogP contribution in [0.25, 0.3) is 0 Å². The average molecular weight is 352 g/mol. The number of hydrogen-bond acceptors (Lipinski definition) is 3. The van der Waals surface area contributed by atoms with Gasteiger partial charge in [-0.1, -0.05) is 6.07 Å². The first-order valence-electron chi connectivity index (χ1n) is 6.74. The van der Waals surface area contributed by atoms with E-state index < -0.39 is 0 Å². The molecule has 5 heteroatoms. The summed E-state index contributed by atoms with van der Waals surface area (Å²) in [6, 6.07) is 10.8. The molecule has 0 saturated carbocycles. The number of hydrogen-bond donors (Lipinski definition) is 1. The van der Waals surface area contributed by atoms with Crippen LogP contribution in [0.4, 0.5) is 10.1 Å². The molecule has 0 aromatic heterocycles. The van der Waals surface area contributed by atoms with Crippen LogP contribution in [0.15, 0.2) is 40.9 Å². The Morgan fingerprint density at radius 2 is 1.86 bits per heavy atom. The van der Waals surface area contributed by atoms with Crippen molar-refractivity contribution >= 4 is 21.6 Å². The molecule has 1 aliphatic heterocycles. The number of halogens is 2. The summed E-state index contributed by atoms with van der Waals surface area (Å²) in [5, 5.41) is 3.34. The van der Waals surface area contributed by atoms with Crippen LogP contribution in [0.5, 0.6) is 11.5 Å². The fourth-order valence-corrected chi connectivity index (χ4v) is 2.63. The van der Waals surface area contributed by atoms with Crippen molar-refractivity contribution < 1.29 is 13.9 Å². The lowest BCUT2D eigenvalue weighted by molar-refractivity contribution is 0.171. The summed E-state index contributed by atoms with van der Waals surface area (Å²) in [5.74, 6) is 1.28. The van der Waals surface area contributed by atoms with Gasteiger partial charge in [0.2, 0.25) is 0 Å². The van der Waals surface area contributed by atoms with Gasteiger partial charge in [-0.15, -0.1) is 0 Å². The number of fused-ring (bicyclic) bond motifs is 1. The number of ether oxygens (including phenoxy) is 2. The van der Waals surface area contributed by atoms with Gasteiger partial charge < -0.3 is 14.8 Å². The largest absolute Gasteiger partial charge is 0.486 e. The zero-order valence-corrected chi connectivity index (χ0v) is 13.1. The van der Waals surface area contributed by atoms with Crippen LogP contribution in [0.2, 0.25) is 0 Å². The normalized spacial score (nSPS) is 14.6. The van der Waals surface area contributed by atoms with Crippen LogP contribution in [-0.2, 0) is 0 Å². The molecule has 0 saturated heterocycles. The lowest BCUT2D eigenvalue weighted by atomic mass is 10.1. The zero-order valence-electron chi connectivity index (χ0n) is 11.5. The van der Waals surface area contributed by atoms with E-state index in [0.717, 1.165) is 22.7 Å². The Bertz CT molecular complexity index is 663. The number of nitrogens with one attached hydrogen (secondary N) is 1. The molecular formula is C16H15BrFNO2. The predicted octanol–water partition coefficient (Wildman–Crippen LogP) is 4.53. The lowest BCUT2D eigenvalue weighted by Crippen LogP contribution is -2.16. The monoisotopic (exact) mass is 351 g/mol. The third-order valence-corrected chi connectivity index (χ3v) is 3.98. The van der Waals surface area contributed by atoms with E-state index in [-0.39, 0.29) is 11.9 Å². The van der Waals surface area contributed by atoms with Crippen LogP contribution in [0.3, 0.4) is 0 Å². The Kier molecular flexibility index (Phi) is 4.01. The summed E-state index contributed by atoms with van der Waals surface area (Å²) >= 11 is 3.19. The standard InChI is InChI=1S/C16H15BrFNO2/c1-10(19-12-3-4-14(18)13(17)9-12)11-2-5-15-16(8-11)21-7-6-20-15/h2-5,8-10,19H,6-7H2,1H3. The minimum atomic E-state index is -0.271. The molecule has 3 nitrogen and oxygen atoms in total. The first-order chi connectivity index (χ1) is 10.1. The van der Waals surface area contributed by atoms with Crippen molar-refractivity contribution in [3.63, 3.8) is 0 Å². The molecule has 0 aliphatic carbocycles. The fourth-order valence-electron chi connectivity index (χ4n) is 2.25. The quantitative estimate of drug-likeness (QED) is 0.880. The number of anilines is 1. The van der Waals surface area contributed by atoms with Crippen LogP contribution in [0.1, 0.15) is 18.5 Å². The lowest BCUT2D eigenvalue weighted by Gasteiger charge is -2.21. The van der Waals surface area contributed by atoms with E-state index in [4.69, 9.17) is 9.47 Å². The first kappa shape index (κ1) is 14.2. The number of benzene rings is 2. The van der Waals surface area contributed by atoms with E-state index in [1.165, 1.54) is 6.07 Å². The molecule has 2 aromatic rings. The Balaban J connectivity index is 1.78. The molecule has 1 heterocycles. The maximum atomic E-state index is 13.2. The molecule has 0 fully saturated rings. The van der Waals surface area contributed by atoms with Crippen molar-refractivity contribution in [2.45, 2.75) is 13.0 Å². The molecule has 0 spiro atoms. The fraction of sp³-hybridized carbons (Fsp3) is 0.250. The summed E-state index contributed by atoms with van der Waals surface area (Å²) in [7, 11) is 0. The van der Waals surface area contributed by atoms with E-state index in [1.807, 2.05) is 25.1 Å². The zero-order chi connectivity index (χ0) is 14.8. The van der Waals surface area contributed by atoms with Crippen LogP contribution in [-0.4, -0.2) is 13.2 Å². The second-order valence-corrected chi connectivity index (χ2v) is 5.75. The molecule has 0 amide bonds. The molecule has 1 atom stereocenters. The van der Waals surface area contributed by atoms with Gasteiger partial charge in [0, 0.05) is 11.7 Å². The molecule has 110 valence electrons. The highest BCUT2D eigenvalue weighted by Gasteiger charge is 2.14. The third kappa shape index (κ3) is 3.13. The van der Waals surface area contributed by atoms with Gasteiger partial charge in [0.25, 0.3) is 0 Å². The van der Waals surface area contributed by atoms with Crippen molar-refractivity contribution in [1.29, 1.82) is 0 Å². The van der Waals surface area contributed by atoms with E-state index in [1.54, 1.807) is 12.1 Å². The molecule has 3 rings (SSSR count). The van der Waals surface area contributed by atoms with Gasteiger partial charge >= 0.3 is 0 Å². The second kappa shape index (κ2) is 5.93. The van der Waals surface area contributed by atoms with Crippen LogP contribution >= 0.6 is 15.9 Å². The van der Waals surface area contributed by atoms with E-state index >= 15 is 0 Å². The van der Waals surface area contributed by atoms with Gasteiger partial charge in [0.1, 0.15) is 19.0 Å². The highest BCUT2D eigenvalue weighted by molar-refractivity contribution is 9.10. The molecule has 1 unspecified atom stereocenters. The molecule has 1 N–H and O–H groups in total. The molecule has 0 bridgehead atoms. The van der Waals surface area contributed by atoms with Gasteiger partial charge in [-0.2, -0.15) is 0 Å². The van der Waals surface area contributed by atoms with Gasteiger partial charge in [0.15, 0.2) is 11.5 Å². The Hall–Kier alpha value is -1.75. The SMILES string of the molecule is CC(Nc1ccc(F)c(Br)c1)c1ccc2c(c1)OCCO2. The van der Waals surface area contributed by atoms with Crippen molar-refractivity contribution in [3.8, 4) is 11.5 Å². The van der Waals surface area contributed by atoms with Crippen LogP contribution in [0, 0.1) is 5.82 Å². The topological polar surface area (TPSA) is 30.5 Å². The van der Waals surface area contributed by atoms with E-state index in [0.29, 0.717) is 17.7 Å². The summed E-state index contributed by atoms with van der Waals surface area (Å²) in [4.78, 5) is 0. The van der Waals surface area contributed by atoms with Gasteiger partial charge in [-0.05, 0) is 58.7 Å². The Morgan fingerprint density at radius 3 is 2.62 bits per heavy atom. The summed E-state index contributed by atoms with van der Waals surface area (Å²) in [5.41, 5.74) is 1.94. The average Bonchev–Trinajstić information content (AvgIpc) is 2.50. The van der Waals surface area contributed by atoms with Gasteiger partial charge in [0.05, 0.1) is 4.47 Å². The summed E-state index contributed by atoms with van der Waals surface area (Å²) in [6.45, 7) is 3.20. The van der Waals surface area contributed by atoms with Crippen molar-refractivity contribution in [3.05, 3.63) is 52.3 Å². The smallest absolute Gasteiger partial charge is 0.161 e. The van der Waals surface area contributed by atoms with Crippen LogP contribution < -0.4 is 14.8 Å². The van der Waals surface area contributed by atoms with Gasteiger partial charge in [-0.25, -0.2) is 4.39 Å². The van der Waals surface area contributed by atoms with E-state index in [2.05, 4.69) is 21.2 Å². The van der Waals surface area contributed by atoms with Gasteiger partial charge in [-0.3, -0.25) is 0 Å². The summed E-state index contributed by atoms with van der Waals surface area (Å²) < 4.78 is 24.8. The van der Waals surface area contributed by atoms with Crippen molar-refractivity contribution in [2.24, 2.45) is 0 Å². The first-order valence-corrected chi connectivity index (χ1v) is 7.54. The summed E-state index contributed by atoms with van der Waals surface area (Å²) in [6.07, 6.45) is 0. The Morgan fingerprint density at radius 1 is 1.10 bits per heavy atom.